The van der Waals surface area contributed by atoms with Gasteiger partial charge in [-0.25, -0.2) is 0 Å². The molecule has 0 amide bonds. The molecule has 16 heavy (non-hydrogen) atoms. The molecule has 0 fully saturated rings. The molecule has 1 aromatic heterocycles. The molecule has 2 N–H and O–H groups in total. The van der Waals surface area contributed by atoms with E-state index >= 15 is 0 Å². The Morgan fingerprint density at radius 1 is 1.00 bits per heavy atom. The van der Waals surface area contributed by atoms with Gasteiger partial charge in [-0.05, 0) is 24.3 Å². The number of para-hydroxylation sites is 1. The first-order chi connectivity index (χ1) is 7.88. The maximum atomic E-state index is 8.60. The first-order valence-electron chi connectivity index (χ1n) is 5.01. The molecule has 0 bridgehead atoms. The number of rotatable bonds is 2. The van der Waals surface area contributed by atoms with Crippen LogP contribution in [-0.2, 0) is 0 Å². The fourth-order valence-corrected chi connectivity index (χ4v) is 1.96. The lowest BCUT2D eigenvalue weighted by molar-refractivity contribution is 0.454. The van der Waals surface area contributed by atoms with Gasteiger partial charge in [-0.2, -0.15) is 0 Å². The number of hydrogen-bond acceptors (Lipinski definition) is 2. The molecule has 1 heterocycles. The van der Waals surface area contributed by atoms with Crippen molar-refractivity contribution >= 4 is 29.5 Å². The lowest BCUT2D eigenvalue weighted by Crippen LogP contribution is -1.99. The summed E-state index contributed by atoms with van der Waals surface area (Å²) in [4.78, 5) is 3.32. The van der Waals surface area contributed by atoms with Gasteiger partial charge in [0, 0.05) is 21.8 Å². The second-order valence-electron chi connectivity index (χ2n) is 3.60. The summed E-state index contributed by atoms with van der Waals surface area (Å²) in [6.07, 6.45) is 0. The minimum Gasteiger partial charge on any atom is -0.537 e. The lowest BCUT2D eigenvalue weighted by atomic mass is 10.1. The molecular weight excluding hydrogens is 201 g/mol. The van der Waals surface area contributed by atoms with Crippen LogP contribution < -0.4 is 4.65 Å². The van der Waals surface area contributed by atoms with E-state index in [0.717, 1.165) is 21.8 Å². The van der Waals surface area contributed by atoms with E-state index in [1.807, 2.05) is 36.4 Å². The molecule has 2 aromatic carbocycles. The first-order valence-corrected chi connectivity index (χ1v) is 5.01. The highest BCUT2D eigenvalue weighted by atomic mass is 16.5. The van der Waals surface area contributed by atoms with Crippen molar-refractivity contribution in [1.29, 1.82) is 0 Å². The lowest BCUT2D eigenvalue weighted by Gasteiger charge is -2.00. The zero-order valence-corrected chi connectivity index (χ0v) is 8.47. The van der Waals surface area contributed by atoms with Crippen molar-refractivity contribution in [3.63, 3.8) is 0 Å². The van der Waals surface area contributed by atoms with Crippen molar-refractivity contribution in [2.75, 3.05) is 0 Å². The molecule has 0 aliphatic carbocycles. The maximum absolute atomic E-state index is 8.60. The van der Waals surface area contributed by atoms with Gasteiger partial charge < -0.3 is 14.7 Å². The van der Waals surface area contributed by atoms with Gasteiger partial charge in [-0.3, -0.25) is 0 Å². The van der Waals surface area contributed by atoms with Gasteiger partial charge in [-0.15, -0.1) is 0 Å². The minimum absolute atomic E-state index is 0.625. The van der Waals surface area contributed by atoms with Gasteiger partial charge in [0.1, 0.15) is 5.75 Å². The molecule has 3 nitrogen and oxygen atoms in total. The normalized spacial score (nSPS) is 10.8. The van der Waals surface area contributed by atoms with Gasteiger partial charge >= 0.3 is 7.69 Å². The zero-order valence-electron chi connectivity index (χ0n) is 8.47. The van der Waals surface area contributed by atoms with Gasteiger partial charge in [-0.1, -0.05) is 18.2 Å². The Balaban J connectivity index is 2.31. The molecule has 0 saturated heterocycles. The summed E-state index contributed by atoms with van der Waals surface area (Å²) in [5, 5.41) is 10.8. The van der Waals surface area contributed by atoms with Crippen molar-refractivity contribution in [2.45, 2.75) is 0 Å². The summed E-state index contributed by atoms with van der Waals surface area (Å²) in [6.45, 7) is 0. The van der Waals surface area contributed by atoms with Gasteiger partial charge in [0.2, 0.25) is 0 Å². The Morgan fingerprint density at radius 3 is 2.69 bits per heavy atom. The number of benzene rings is 2. The van der Waals surface area contributed by atoms with E-state index in [2.05, 4.69) is 11.1 Å². The number of H-pyrrole nitrogens is 1. The summed E-state index contributed by atoms with van der Waals surface area (Å²) in [7, 11) is 0.690. The van der Waals surface area contributed by atoms with Crippen LogP contribution in [0.5, 0.6) is 5.75 Å². The Morgan fingerprint density at radius 2 is 1.81 bits per heavy atom. The average Bonchev–Trinajstić information content (AvgIpc) is 2.68. The molecule has 4 heteroatoms. The summed E-state index contributed by atoms with van der Waals surface area (Å²) >= 11 is 0. The topological polar surface area (TPSA) is 45.2 Å². The quantitative estimate of drug-likeness (QED) is 0.637. The number of fused-ring (bicyclic) bond motifs is 3. The Hall–Kier alpha value is -1.94. The highest BCUT2D eigenvalue weighted by Crippen LogP contribution is 2.28. The highest BCUT2D eigenvalue weighted by Gasteiger charge is 2.04. The maximum Gasteiger partial charge on any atom is 0.569 e. The Labute approximate surface area is 93.0 Å². The molecule has 1 radical (unpaired) electrons. The average molecular weight is 210 g/mol. The SMILES string of the molecule is O[B]Oc1ccc2[nH]c3ccccc3c2c1. The second kappa shape index (κ2) is 3.57. The van der Waals surface area contributed by atoms with Crippen LogP contribution in [0.25, 0.3) is 21.8 Å². The van der Waals surface area contributed by atoms with Crippen molar-refractivity contribution in [2.24, 2.45) is 0 Å². The molecule has 0 unspecified atom stereocenters. The predicted molar refractivity (Wildman–Crippen MR) is 64.4 cm³/mol. The third-order valence-electron chi connectivity index (χ3n) is 2.67. The molecule has 0 saturated carbocycles. The van der Waals surface area contributed by atoms with Crippen LogP contribution in [0.15, 0.2) is 42.5 Å². The van der Waals surface area contributed by atoms with E-state index in [1.165, 1.54) is 0 Å². The van der Waals surface area contributed by atoms with E-state index < -0.39 is 0 Å². The smallest absolute Gasteiger partial charge is 0.537 e. The Kier molecular flexibility index (Phi) is 2.08. The standard InChI is InChI=1S/C12H9BNO2/c15-13-16-8-5-6-12-10(7-8)9-3-1-2-4-11(9)14-12/h1-7,14-15H. The molecular formula is C12H9BNO2. The van der Waals surface area contributed by atoms with Crippen molar-refractivity contribution in [3.8, 4) is 5.75 Å². The number of hydrogen-bond donors (Lipinski definition) is 2. The molecule has 0 spiro atoms. The van der Waals surface area contributed by atoms with Crippen LogP contribution in [-0.4, -0.2) is 17.7 Å². The monoisotopic (exact) mass is 210 g/mol. The molecule has 3 aromatic rings. The fourth-order valence-electron chi connectivity index (χ4n) is 1.96. The molecule has 0 aliphatic heterocycles. The van der Waals surface area contributed by atoms with E-state index in [4.69, 9.17) is 9.68 Å². The molecule has 3 rings (SSSR count). The highest BCUT2D eigenvalue weighted by molar-refractivity contribution is 6.17. The fraction of sp³-hybridized carbons (Fsp3) is 0. The molecule has 0 aliphatic rings. The molecule has 0 atom stereocenters. The van der Waals surface area contributed by atoms with E-state index in [-0.39, 0.29) is 0 Å². The van der Waals surface area contributed by atoms with E-state index in [0.29, 0.717) is 13.4 Å². The zero-order chi connectivity index (χ0) is 11.0. The van der Waals surface area contributed by atoms with Crippen LogP contribution >= 0.6 is 0 Å². The summed E-state index contributed by atoms with van der Waals surface area (Å²) in [5.41, 5.74) is 2.16. The number of nitrogens with one attached hydrogen (secondary N) is 1. The first kappa shape index (κ1) is 9.30. The number of aromatic amines is 1. The van der Waals surface area contributed by atoms with Crippen molar-refractivity contribution in [3.05, 3.63) is 42.5 Å². The van der Waals surface area contributed by atoms with Gasteiger partial charge in [0.05, 0.1) is 0 Å². The third kappa shape index (κ3) is 1.35. The van der Waals surface area contributed by atoms with E-state index in [9.17, 15) is 0 Å². The van der Waals surface area contributed by atoms with Gasteiger partial charge in [0.15, 0.2) is 0 Å². The van der Waals surface area contributed by atoms with Crippen LogP contribution in [0.3, 0.4) is 0 Å². The summed E-state index contributed by atoms with van der Waals surface area (Å²) in [6, 6.07) is 13.7. The van der Waals surface area contributed by atoms with Crippen molar-refractivity contribution < 1.29 is 9.68 Å². The van der Waals surface area contributed by atoms with Crippen LogP contribution in [0, 0.1) is 0 Å². The number of aromatic nitrogens is 1. The van der Waals surface area contributed by atoms with Crippen LogP contribution in [0.2, 0.25) is 0 Å². The summed E-state index contributed by atoms with van der Waals surface area (Å²) < 4.78 is 4.95. The van der Waals surface area contributed by atoms with Gasteiger partial charge in [0.25, 0.3) is 0 Å². The largest absolute Gasteiger partial charge is 0.569 e. The molecule has 77 valence electrons. The van der Waals surface area contributed by atoms with E-state index in [1.54, 1.807) is 0 Å². The van der Waals surface area contributed by atoms with Crippen molar-refractivity contribution in [1.82, 2.24) is 4.98 Å². The minimum atomic E-state index is 0.625. The summed E-state index contributed by atoms with van der Waals surface area (Å²) in [5.74, 6) is 0.625. The predicted octanol–water partition coefficient (Wildman–Crippen LogP) is 2.23. The van der Waals surface area contributed by atoms with Crippen LogP contribution in [0.1, 0.15) is 0 Å². The second-order valence-corrected chi connectivity index (χ2v) is 3.60. The Bertz CT molecular complexity index is 648. The third-order valence-corrected chi connectivity index (χ3v) is 2.67. The van der Waals surface area contributed by atoms with Crippen LogP contribution in [0.4, 0.5) is 0 Å².